The van der Waals surface area contributed by atoms with Crippen molar-refractivity contribution in [3.05, 3.63) is 65.3 Å². The summed E-state index contributed by atoms with van der Waals surface area (Å²) in [6.07, 6.45) is 1.97. The molecule has 4 aromatic rings. The van der Waals surface area contributed by atoms with Gasteiger partial charge in [0.2, 0.25) is 4.96 Å². The summed E-state index contributed by atoms with van der Waals surface area (Å²) in [5, 5.41) is 5.59. The number of imidazole rings is 1. The third-order valence-corrected chi connectivity index (χ3v) is 4.65. The summed E-state index contributed by atoms with van der Waals surface area (Å²) in [7, 11) is 0. The number of aromatic nitrogens is 3. The van der Waals surface area contributed by atoms with E-state index in [2.05, 4.69) is 50.3 Å². The summed E-state index contributed by atoms with van der Waals surface area (Å²) in [6, 6.07) is 18.3. The first kappa shape index (κ1) is 12.7. The van der Waals surface area contributed by atoms with E-state index in [4.69, 9.17) is 0 Å². The van der Waals surface area contributed by atoms with Crippen LogP contribution in [-0.4, -0.2) is 14.6 Å². The number of fused-ring (bicyclic) bond motifs is 1. The quantitative estimate of drug-likeness (QED) is 0.512. The lowest BCUT2D eigenvalue weighted by atomic mass is 10.2. The van der Waals surface area contributed by atoms with Crippen molar-refractivity contribution in [2.24, 2.45) is 0 Å². The van der Waals surface area contributed by atoms with Crippen LogP contribution in [0.1, 0.15) is 0 Å². The van der Waals surface area contributed by atoms with Gasteiger partial charge in [0.15, 0.2) is 0 Å². The molecule has 0 aliphatic heterocycles. The zero-order valence-electron chi connectivity index (χ0n) is 10.9. The molecule has 0 aliphatic rings. The van der Waals surface area contributed by atoms with E-state index in [-0.39, 0.29) is 0 Å². The van der Waals surface area contributed by atoms with Crippen molar-refractivity contribution in [1.29, 1.82) is 0 Å². The van der Waals surface area contributed by atoms with Crippen LogP contribution in [0.25, 0.3) is 26.8 Å². The zero-order chi connectivity index (χ0) is 14.2. The van der Waals surface area contributed by atoms with Gasteiger partial charge in [0.05, 0.1) is 11.9 Å². The number of hydrogen-bond acceptors (Lipinski definition) is 3. The summed E-state index contributed by atoms with van der Waals surface area (Å²) in [4.78, 5) is 5.57. The Hall–Kier alpha value is -1.98. The minimum Gasteiger partial charge on any atom is -0.217 e. The molecule has 0 unspecified atom stereocenters. The van der Waals surface area contributed by atoms with Gasteiger partial charge >= 0.3 is 0 Å². The molecule has 0 saturated carbocycles. The Morgan fingerprint density at radius 1 is 0.952 bits per heavy atom. The Labute approximate surface area is 134 Å². The average Bonchev–Trinajstić information content (AvgIpc) is 3.07. The maximum absolute atomic E-state index is 4.66. The first-order valence-corrected chi connectivity index (χ1v) is 8.08. The van der Waals surface area contributed by atoms with E-state index in [0.29, 0.717) is 0 Å². The first-order chi connectivity index (χ1) is 10.3. The molecule has 0 saturated heterocycles. The Morgan fingerprint density at radius 2 is 1.76 bits per heavy atom. The van der Waals surface area contributed by atoms with Gasteiger partial charge in [-0.1, -0.05) is 69.7 Å². The van der Waals surface area contributed by atoms with Crippen LogP contribution in [0.15, 0.2) is 65.3 Å². The van der Waals surface area contributed by atoms with E-state index in [0.717, 1.165) is 31.3 Å². The fraction of sp³-hybridized carbons (Fsp3) is 0. The Kier molecular flexibility index (Phi) is 3.09. The molecule has 0 fully saturated rings. The van der Waals surface area contributed by atoms with Crippen LogP contribution in [-0.2, 0) is 0 Å². The molecule has 4 rings (SSSR count). The fourth-order valence-electron chi connectivity index (χ4n) is 2.19. The second-order valence-corrected chi connectivity index (χ2v) is 6.51. The van der Waals surface area contributed by atoms with Crippen LogP contribution in [0.3, 0.4) is 0 Å². The molecule has 0 atom stereocenters. The average molecular weight is 356 g/mol. The largest absolute Gasteiger partial charge is 0.217 e. The molecular weight excluding hydrogens is 346 g/mol. The SMILES string of the molecule is Brc1cccc(-c2nn3cc(-c4ccccc4)nc3s2)c1. The smallest absolute Gasteiger partial charge is 0.213 e. The van der Waals surface area contributed by atoms with E-state index in [9.17, 15) is 0 Å². The first-order valence-electron chi connectivity index (χ1n) is 6.47. The van der Waals surface area contributed by atoms with E-state index < -0.39 is 0 Å². The summed E-state index contributed by atoms with van der Waals surface area (Å²) >= 11 is 5.09. The highest BCUT2D eigenvalue weighted by atomic mass is 79.9. The number of rotatable bonds is 2. The van der Waals surface area contributed by atoms with E-state index in [1.54, 1.807) is 11.3 Å². The van der Waals surface area contributed by atoms with Crippen LogP contribution < -0.4 is 0 Å². The monoisotopic (exact) mass is 355 g/mol. The normalized spacial score (nSPS) is 11.1. The van der Waals surface area contributed by atoms with Crippen molar-refractivity contribution in [2.75, 3.05) is 0 Å². The number of halogens is 1. The minimum atomic E-state index is 0.906. The van der Waals surface area contributed by atoms with E-state index in [1.807, 2.05) is 41.0 Å². The highest BCUT2D eigenvalue weighted by Crippen LogP contribution is 2.29. The molecule has 5 heteroatoms. The van der Waals surface area contributed by atoms with Crippen LogP contribution in [0.2, 0.25) is 0 Å². The topological polar surface area (TPSA) is 30.2 Å². The van der Waals surface area contributed by atoms with Gasteiger partial charge in [0, 0.05) is 15.6 Å². The molecular formula is C16H10BrN3S. The third-order valence-electron chi connectivity index (χ3n) is 3.18. The van der Waals surface area contributed by atoms with Gasteiger partial charge in [-0.2, -0.15) is 5.10 Å². The standard InChI is InChI=1S/C16H10BrN3S/c17-13-8-4-7-12(9-13)15-19-20-10-14(18-16(20)21-15)11-5-2-1-3-6-11/h1-10H. The molecule has 2 aromatic heterocycles. The van der Waals surface area contributed by atoms with Crippen LogP contribution >= 0.6 is 27.3 Å². The van der Waals surface area contributed by atoms with Gasteiger partial charge in [-0.05, 0) is 12.1 Å². The van der Waals surface area contributed by atoms with Gasteiger partial charge in [-0.15, -0.1) is 0 Å². The fourth-order valence-corrected chi connectivity index (χ4v) is 3.46. The molecule has 0 bridgehead atoms. The summed E-state index contributed by atoms with van der Waals surface area (Å²) in [5.41, 5.74) is 3.16. The van der Waals surface area contributed by atoms with Crippen molar-refractivity contribution in [1.82, 2.24) is 14.6 Å². The van der Waals surface area contributed by atoms with Crippen molar-refractivity contribution >= 4 is 32.2 Å². The molecule has 102 valence electrons. The van der Waals surface area contributed by atoms with Gasteiger partial charge in [0.1, 0.15) is 5.01 Å². The van der Waals surface area contributed by atoms with Gasteiger partial charge in [-0.3, -0.25) is 0 Å². The molecule has 21 heavy (non-hydrogen) atoms. The van der Waals surface area contributed by atoms with Gasteiger partial charge in [0.25, 0.3) is 0 Å². The molecule has 2 heterocycles. The molecule has 2 aromatic carbocycles. The Balaban J connectivity index is 1.78. The maximum Gasteiger partial charge on any atom is 0.213 e. The zero-order valence-corrected chi connectivity index (χ0v) is 13.3. The lowest BCUT2D eigenvalue weighted by Gasteiger charge is -1.96. The number of benzene rings is 2. The highest BCUT2D eigenvalue weighted by Gasteiger charge is 2.10. The van der Waals surface area contributed by atoms with Crippen LogP contribution in [0, 0.1) is 0 Å². The van der Waals surface area contributed by atoms with Crippen molar-refractivity contribution < 1.29 is 0 Å². The summed E-state index contributed by atoms with van der Waals surface area (Å²) in [6.45, 7) is 0. The van der Waals surface area contributed by atoms with Crippen molar-refractivity contribution in [3.63, 3.8) is 0 Å². The van der Waals surface area contributed by atoms with Gasteiger partial charge < -0.3 is 0 Å². The number of hydrogen-bond donors (Lipinski definition) is 0. The molecule has 0 amide bonds. The summed E-state index contributed by atoms with van der Waals surface area (Å²) in [5.74, 6) is 0. The lowest BCUT2D eigenvalue weighted by Crippen LogP contribution is -1.82. The van der Waals surface area contributed by atoms with Crippen molar-refractivity contribution in [2.45, 2.75) is 0 Å². The minimum absolute atomic E-state index is 0.906. The maximum atomic E-state index is 4.66. The Bertz CT molecular complexity index is 880. The predicted octanol–water partition coefficient (Wildman–Crippen LogP) is 4.89. The molecule has 0 radical (unpaired) electrons. The highest BCUT2D eigenvalue weighted by molar-refractivity contribution is 9.10. The molecule has 3 nitrogen and oxygen atoms in total. The van der Waals surface area contributed by atoms with Crippen LogP contribution in [0.4, 0.5) is 0 Å². The summed E-state index contributed by atoms with van der Waals surface area (Å²) < 4.78 is 2.90. The van der Waals surface area contributed by atoms with E-state index >= 15 is 0 Å². The second-order valence-electron chi connectivity index (χ2n) is 4.64. The molecule has 0 N–H and O–H groups in total. The second kappa shape index (κ2) is 5.09. The lowest BCUT2D eigenvalue weighted by molar-refractivity contribution is 0.978. The van der Waals surface area contributed by atoms with E-state index in [1.165, 1.54) is 0 Å². The predicted molar refractivity (Wildman–Crippen MR) is 89.4 cm³/mol. The molecule has 0 spiro atoms. The van der Waals surface area contributed by atoms with Crippen LogP contribution in [0.5, 0.6) is 0 Å². The van der Waals surface area contributed by atoms with Gasteiger partial charge in [-0.25, -0.2) is 9.50 Å². The van der Waals surface area contributed by atoms with Crippen molar-refractivity contribution in [3.8, 4) is 21.8 Å². The third kappa shape index (κ3) is 2.39. The molecule has 0 aliphatic carbocycles. The Morgan fingerprint density at radius 3 is 2.52 bits per heavy atom. The number of nitrogens with zero attached hydrogens (tertiary/aromatic N) is 3.